The molecule has 0 unspecified atom stereocenters. The smallest absolute Gasteiger partial charge is 0.274 e. The van der Waals surface area contributed by atoms with Crippen molar-refractivity contribution in [2.75, 3.05) is 7.11 Å². The Bertz CT molecular complexity index is 609. The van der Waals surface area contributed by atoms with Gasteiger partial charge in [-0.3, -0.25) is 0 Å². The Hall–Kier alpha value is -2.14. The van der Waals surface area contributed by atoms with Crippen molar-refractivity contribution >= 4 is 10.9 Å². The first-order valence-electron chi connectivity index (χ1n) is 5.26. The van der Waals surface area contributed by atoms with Crippen LogP contribution >= 0.6 is 0 Å². The zero-order valence-corrected chi connectivity index (χ0v) is 9.30. The van der Waals surface area contributed by atoms with Gasteiger partial charge in [-0.25, -0.2) is 0 Å². The number of methoxy groups -OCH3 is 1. The summed E-state index contributed by atoms with van der Waals surface area (Å²) in [5.41, 5.74) is 1.87. The van der Waals surface area contributed by atoms with Gasteiger partial charge < -0.3 is 14.2 Å². The average molecular weight is 229 g/mol. The Morgan fingerprint density at radius 1 is 1.35 bits per heavy atom. The van der Waals surface area contributed by atoms with Crippen molar-refractivity contribution in [1.82, 2.24) is 15.1 Å². The minimum Gasteiger partial charge on any atom is -0.377 e. The summed E-state index contributed by atoms with van der Waals surface area (Å²) in [7, 11) is 1.60. The monoisotopic (exact) mass is 229 g/mol. The molecule has 0 bridgehead atoms. The number of ether oxygens (including phenoxy) is 1. The van der Waals surface area contributed by atoms with Crippen LogP contribution in [0.2, 0.25) is 0 Å². The van der Waals surface area contributed by atoms with E-state index in [1.165, 1.54) is 0 Å². The van der Waals surface area contributed by atoms with E-state index in [4.69, 9.17) is 9.26 Å². The summed E-state index contributed by atoms with van der Waals surface area (Å²) in [6, 6.07) is 9.99. The molecular formula is C12H11N3O2. The first kappa shape index (κ1) is 10.0. The molecule has 0 spiro atoms. The maximum absolute atomic E-state index is 5.16. The highest BCUT2D eigenvalue weighted by Crippen LogP contribution is 2.22. The summed E-state index contributed by atoms with van der Waals surface area (Å²) < 4.78 is 10.1. The number of nitrogens with zero attached hydrogens (tertiary/aromatic N) is 2. The second-order valence-electron chi connectivity index (χ2n) is 3.72. The molecule has 2 heterocycles. The molecule has 2 aromatic heterocycles. The Labute approximate surface area is 97.4 Å². The van der Waals surface area contributed by atoms with Crippen LogP contribution in [0, 0.1) is 0 Å². The molecule has 17 heavy (non-hydrogen) atoms. The van der Waals surface area contributed by atoms with E-state index in [1.807, 2.05) is 30.3 Å². The third kappa shape index (κ3) is 1.81. The molecule has 86 valence electrons. The largest absolute Gasteiger partial charge is 0.377 e. The van der Waals surface area contributed by atoms with Crippen molar-refractivity contribution in [2.24, 2.45) is 0 Å². The molecule has 0 aliphatic carbocycles. The van der Waals surface area contributed by atoms with Crippen LogP contribution in [0.4, 0.5) is 0 Å². The summed E-state index contributed by atoms with van der Waals surface area (Å²) in [4.78, 5) is 7.46. The van der Waals surface area contributed by atoms with Gasteiger partial charge >= 0.3 is 0 Å². The third-order valence-electron chi connectivity index (χ3n) is 2.50. The fourth-order valence-corrected chi connectivity index (χ4v) is 1.74. The summed E-state index contributed by atoms with van der Waals surface area (Å²) in [5, 5.41) is 4.94. The maximum atomic E-state index is 5.16. The highest BCUT2D eigenvalue weighted by molar-refractivity contribution is 5.84. The van der Waals surface area contributed by atoms with Crippen LogP contribution in [0.25, 0.3) is 22.5 Å². The van der Waals surface area contributed by atoms with Crippen LogP contribution in [0.3, 0.4) is 0 Å². The second-order valence-corrected chi connectivity index (χ2v) is 3.72. The average Bonchev–Trinajstić information content (AvgIpc) is 2.94. The predicted molar refractivity (Wildman–Crippen MR) is 62.3 cm³/mol. The standard InChI is InChI=1S/C12H11N3O2/c1-16-7-11-14-12(17-15-11)10-6-8-4-2-3-5-9(8)13-10/h2-6,13H,7H2,1H3. The molecule has 1 aromatic carbocycles. The van der Waals surface area contributed by atoms with Gasteiger partial charge in [0.15, 0.2) is 5.82 Å². The maximum Gasteiger partial charge on any atom is 0.274 e. The molecule has 0 aliphatic rings. The van der Waals surface area contributed by atoms with Crippen molar-refractivity contribution in [2.45, 2.75) is 6.61 Å². The molecule has 3 rings (SSSR count). The lowest BCUT2D eigenvalue weighted by molar-refractivity contribution is 0.174. The molecule has 0 saturated carbocycles. The summed E-state index contributed by atoms with van der Waals surface area (Å²) in [5.74, 6) is 1.02. The molecule has 1 N–H and O–H groups in total. The molecule has 0 amide bonds. The quantitative estimate of drug-likeness (QED) is 0.748. The number of aromatic amines is 1. The fraction of sp³-hybridized carbons (Fsp3) is 0.167. The van der Waals surface area contributed by atoms with Gasteiger partial charge in [-0.15, -0.1) is 0 Å². The number of para-hydroxylation sites is 1. The number of benzene rings is 1. The van der Waals surface area contributed by atoms with E-state index in [-0.39, 0.29) is 0 Å². The minimum atomic E-state index is 0.351. The Morgan fingerprint density at radius 3 is 3.06 bits per heavy atom. The SMILES string of the molecule is COCc1noc(-c2cc3ccccc3[nH]2)n1. The lowest BCUT2D eigenvalue weighted by Crippen LogP contribution is -1.89. The number of fused-ring (bicyclic) bond motifs is 1. The molecule has 5 nitrogen and oxygen atoms in total. The summed E-state index contributed by atoms with van der Waals surface area (Å²) in [6.45, 7) is 0.351. The van der Waals surface area contributed by atoms with Crippen LogP contribution in [-0.4, -0.2) is 22.2 Å². The Kier molecular flexibility index (Phi) is 2.38. The van der Waals surface area contributed by atoms with Crippen LogP contribution in [0.1, 0.15) is 5.82 Å². The second kappa shape index (κ2) is 4.03. The van der Waals surface area contributed by atoms with Crippen molar-refractivity contribution in [3.8, 4) is 11.6 Å². The highest BCUT2D eigenvalue weighted by Gasteiger charge is 2.10. The number of H-pyrrole nitrogens is 1. The van der Waals surface area contributed by atoms with E-state index in [1.54, 1.807) is 7.11 Å². The zero-order chi connectivity index (χ0) is 11.7. The molecule has 3 aromatic rings. The van der Waals surface area contributed by atoms with Crippen molar-refractivity contribution < 1.29 is 9.26 Å². The highest BCUT2D eigenvalue weighted by atomic mass is 16.5. The fourth-order valence-electron chi connectivity index (χ4n) is 1.74. The molecule has 5 heteroatoms. The molecule has 0 aliphatic heterocycles. The molecule has 0 fully saturated rings. The Balaban J connectivity index is 2.01. The lowest BCUT2D eigenvalue weighted by atomic mass is 10.2. The Morgan fingerprint density at radius 2 is 2.24 bits per heavy atom. The van der Waals surface area contributed by atoms with Crippen LogP contribution < -0.4 is 0 Å². The summed E-state index contributed by atoms with van der Waals surface area (Å²) in [6.07, 6.45) is 0. The van der Waals surface area contributed by atoms with Gasteiger partial charge in [0.2, 0.25) is 0 Å². The van der Waals surface area contributed by atoms with Gasteiger partial charge in [0.1, 0.15) is 12.3 Å². The molecule has 0 atom stereocenters. The van der Waals surface area contributed by atoms with E-state index in [9.17, 15) is 0 Å². The van der Waals surface area contributed by atoms with Gasteiger partial charge in [0.05, 0.1) is 0 Å². The number of hydrogen-bond donors (Lipinski definition) is 1. The van der Waals surface area contributed by atoms with Gasteiger partial charge in [-0.2, -0.15) is 4.98 Å². The molecule has 0 radical (unpaired) electrons. The van der Waals surface area contributed by atoms with E-state index in [2.05, 4.69) is 15.1 Å². The summed E-state index contributed by atoms with van der Waals surface area (Å²) >= 11 is 0. The van der Waals surface area contributed by atoms with Crippen LogP contribution in [-0.2, 0) is 11.3 Å². The zero-order valence-electron chi connectivity index (χ0n) is 9.30. The normalized spacial score (nSPS) is 11.1. The van der Waals surface area contributed by atoms with Crippen LogP contribution in [0.5, 0.6) is 0 Å². The molecule has 0 saturated heterocycles. The molecular weight excluding hydrogens is 218 g/mol. The van der Waals surface area contributed by atoms with Gasteiger partial charge in [0, 0.05) is 18.0 Å². The van der Waals surface area contributed by atoms with Crippen molar-refractivity contribution in [1.29, 1.82) is 0 Å². The lowest BCUT2D eigenvalue weighted by Gasteiger charge is -1.87. The van der Waals surface area contributed by atoms with E-state index >= 15 is 0 Å². The van der Waals surface area contributed by atoms with E-state index in [0.29, 0.717) is 18.3 Å². The minimum absolute atomic E-state index is 0.351. The number of aromatic nitrogens is 3. The predicted octanol–water partition coefficient (Wildman–Crippen LogP) is 2.36. The number of rotatable bonds is 3. The van der Waals surface area contributed by atoms with Gasteiger partial charge in [0.25, 0.3) is 5.89 Å². The van der Waals surface area contributed by atoms with Crippen molar-refractivity contribution in [3.05, 3.63) is 36.2 Å². The first-order chi connectivity index (χ1) is 8.36. The topological polar surface area (TPSA) is 63.9 Å². The van der Waals surface area contributed by atoms with E-state index in [0.717, 1.165) is 16.6 Å². The van der Waals surface area contributed by atoms with Gasteiger partial charge in [-0.1, -0.05) is 23.4 Å². The van der Waals surface area contributed by atoms with Gasteiger partial charge in [-0.05, 0) is 12.1 Å². The number of hydrogen-bond acceptors (Lipinski definition) is 4. The first-order valence-corrected chi connectivity index (χ1v) is 5.26. The number of nitrogens with one attached hydrogen (secondary N) is 1. The van der Waals surface area contributed by atoms with Crippen molar-refractivity contribution in [3.63, 3.8) is 0 Å². The third-order valence-corrected chi connectivity index (χ3v) is 2.50. The van der Waals surface area contributed by atoms with Crippen LogP contribution in [0.15, 0.2) is 34.9 Å². The van der Waals surface area contributed by atoms with E-state index < -0.39 is 0 Å².